The molecule has 2 N–H and O–H groups in total. The zero-order chi connectivity index (χ0) is 18.9. The lowest BCUT2D eigenvalue weighted by molar-refractivity contribution is -0.141. The zero-order valence-electron chi connectivity index (χ0n) is 15.2. The number of ketones is 1. The van der Waals surface area contributed by atoms with E-state index in [-0.39, 0.29) is 12.2 Å². The van der Waals surface area contributed by atoms with E-state index in [2.05, 4.69) is 11.6 Å². The maximum Gasteiger partial charge on any atom is 0.306 e. The molecule has 0 fully saturated rings. The Morgan fingerprint density at radius 3 is 2.08 bits per heavy atom. The summed E-state index contributed by atoms with van der Waals surface area (Å²) in [6, 6.07) is 15.5. The lowest BCUT2D eigenvalue weighted by Gasteiger charge is -2.10. The van der Waals surface area contributed by atoms with E-state index < -0.39 is 11.9 Å². The first kappa shape index (κ1) is 20.0. The van der Waals surface area contributed by atoms with Crippen molar-refractivity contribution in [2.75, 3.05) is 10.5 Å². The van der Waals surface area contributed by atoms with Gasteiger partial charge in [0, 0.05) is 23.4 Å². The highest BCUT2D eigenvalue weighted by atomic mass is 32.2. The van der Waals surface area contributed by atoms with Gasteiger partial charge in [0.1, 0.15) is 0 Å². The van der Waals surface area contributed by atoms with Crippen LogP contribution >= 0.6 is 11.9 Å². The summed E-state index contributed by atoms with van der Waals surface area (Å²) in [4.78, 5) is 23.6. The average Bonchev–Trinajstić information content (AvgIpc) is 2.66. The van der Waals surface area contributed by atoms with Crippen molar-refractivity contribution < 1.29 is 14.7 Å². The van der Waals surface area contributed by atoms with E-state index in [1.54, 1.807) is 24.1 Å². The first-order chi connectivity index (χ1) is 12.5. The molecule has 138 valence electrons. The van der Waals surface area contributed by atoms with Gasteiger partial charge >= 0.3 is 5.97 Å². The van der Waals surface area contributed by atoms with Crippen LogP contribution in [0.4, 0.5) is 5.69 Å². The molecule has 0 aliphatic carbocycles. The van der Waals surface area contributed by atoms with E-state index in [0.29, 0.717) is 12.0 Å². The Morgan fingerprint density at radius 2 is 1.58 bits per heavy atom. The third-order valence-electron chi connectivity index (χ3n) is 4.18. The summed E-state index contributed by atoms with van der Waals surface area (Å²) in [6.07, 6.45) is 1.33. The summed E-state index contributed by atoms with van der Waals surface area (Å²) in [5, 5.41) is 9.21. The number of carboxylic acids is 1. The number of anilines is 1. The van der Waals surface area contributed by atoms with Gasteiger partial charge in [-0.25, -0.2) is 0 Å². The number of Topliss-reactive ketones (excluding diaryl/α,β-unsaturated/α-hetero) is 1. The first-order valence-electron chi connectivity index (χ1n) is 8.89. The van der Waals surface area contributed by atoms with Gasteiger partial charge in [0.15, 0.2) is 5.78 Å². The molecule has 0 aromatic heterocycles. The molecule has 0 radical (unpaired) electrons. The molecule has 2 rings (SSSR count). The minimum atomic E-state index is -0.897. The van der Waals surface area contributed by atoms with Crippen LogP contribution in [0.1, 0.15) is 43.5 Å². The number of carbonyl (C=O) groups excluding carboxylic acids is 1. The number of carbonyl (C=O) groups is 2. The summed E-state index contributed by atoms with van der Waals surface area (Å²) in [5.41, 5.74) is 3.72. The summed E-state index contributed by atoms with van der Waals surface area (Å²) >= 11 is 1.65. The van der Waals surface area contributed by atoms with Crippen molar-refractivity contribution in [2.45, 2.75) is 33.1 Å². The zero-order valence-corrected chi connectivity index (χ0v) is 16.0. The number of rotatable bonds is 10. The van der Waals surface area contributed by atoms with Gasteiger partial charge in [-0.3, -0.25) is 9.59 Å². The Kier molecular flexibility index (Phi) is 7.73. The van der Waals surface area contributed by atoms with Crippen LogP contribution in [-0.4, -0.2) is 22.6 Å². The summed E-state index contributed by atoms with van der Waals surface area (Å²) in [6.45, 7) is 4.02. The number of carboxylic acid groups (broad SMARTS) is 1. The molecule has 0 heterocycles. The molecule has 0 saturated carbocycles. The second kappa shape index (κ2) is 10.0. The van der Waals surface area contributed by atoms with E-state index >= 15 is 0 Å². The van der Waals surface area contributed by atoms with Crippen molar-refractivity contribution in [3.8, 4) is 11.1 Å². The van der Waals surface area contributed by atoms with Crippen LogP contribution in [0.15, 0.2) is 48.5 Å². The Hall–Kier alpha value is -2.27. The van der Waals surface area contributed by atoms with Gasteiger partial charge in [0.2, 0.25) is 0 Å². The smallest absolute Gasteiger partial charge is 0.306 e. The number of nitrogens with one attached hydrogen (secondary N) is 1. The molecule has 0 amide bonds. The second-order valence-electron chi connectivity index (χ2n) is 6.14. The molecule has 5 heteroatoms. The predicted molar refractivity (Wildman–Crippen MR) is 109 cm³/mol. The molecule has 2 aromatic rings. The van der Waals surface area contributed by atoms with Crippen LogP contribution in [-0.2, 0) is 4.79 Å². The van der Waals surface area contributed by atoms with Gasteiger partial charge in [-0.1, -0.05) is 68.6 Å². The standard InChI is InChI=1S/C21H25NO3S/c1-3-5-18(21(24)25)14-20(23)17-8-6-15(7-9-17)16-10-12-19(13-11-16)22-26-4-2/h6-13,18,22H,3-5,14H2,1-2H3,(H,24,25). The van der Waals surface area contributed by atoms with Crippen LogP contribution in [0.3, 0.4) is 0 Å². The van der Waals surface area contributed by atoms with Crippen molar-refractivity contribution in [1.82, 2.24) is 0 Å². The largest absolute Gasteiger partial charge is 0.481 e. The molecule has 0 saturated heterocycles. The number of hydrogen-bond acceptors (Lipinski definition) is 4. The highest BCUT2D eigenvalue weighted by molar-refractivity contribution is 8.00. The average molecular weight is 372 g/mol. The lowest BCUT2D eigenvalue weighted by Crippen LogP contribution is -2.17. The molecule has 26 heavy (non-hydrogen) atoms. The van der Waals surface area contributed by atoms with E-state index in [9.17, 15) is 14.7 Å². The Balaban J connectivity index is 2.05. The SMILES string of the molecule is CCCC(CC(=O)c1ccc(-c2ccc(NSCC)cc2)cc1)C(=O)O. The molecule has 1 unspecified atom stereocenters. The molecule has 0 bridgehead atoms. The number of aliphatic carboxylic acids is 1. The van der Waals surface area contributed by atoms with Crippen molar-refractivity contribution in [3.05, 3.63) is 54.1 Å². The monoisotopic (exact) mass is 371 g/mol. The normalized spacial score (nSPS) is 11.8. The summed E-state index contributed by atoms with van der Waals surface area (Å²) < 4.78 is 3.26. The maximum atomic E-state index is 12.4. The molecular weight excluding hydrogens is 346 g/mol. The third-order valence-corrected chi connectivity index (χ3v) is 4.85. The topological polar surface area (TPSA) is 66.4 Å². The minimum Gasteiger partial charge on any atom is -0.481 e. The molecule has 2 aromatic carbocycles. The molecule has 0 aliphatic heterocycles. The first-order valence-corrected chi connectivity index (χ1v) is 9.88. The lowest BCUT2D eigenvalue weighted by atomic mass is 9.93. The Labute approximate surface area is 159 Å². The van der Waals surface area contributed by atoms with Crippen LogP contribution in [0.25, 0.3) is 11.1 Å². The summed E-state index contributed by atoms with van der Waals surface area (Å²) in [5.74, 6) is -0.619. The van der Waals surface area contributed by atoms with Crippen molar-refractivity contribution in [3.63, 3.8) is 0 Å². The van der Waals surface area contributed by atoms with E-state index in [1.807, 2.05) is 43.3 Å². The Bertz CT molecular complexity index is 726. The van der Waals surface area contributed by atoms with Crippen molar-refractivity contribution >= 4 is 29.4 Å². The molecule has 4 nitrogen and oxygen atoms in total. The van der Waals surface area contributed by atoms with E-state index in [4.69, 9.17) is 0 Å². The predicted octanol–water partition coefficient (Wildman–Crippen LogP) is 5.51. The number of hydrogen-bond donors (Lipinski definition) is 2. The maximum absolute atomic E-state index is 12.4. The highest BCUT2D eigenvalue weighted by Crippen LogP contribution is 2.24. The van der Waals surface area contributed by atoms with Gasteiger partial charge in [0.05, 0.1) is 5.92 Å². The van der Waals surface area contributed by atoms with Crippen molar-refractivity contribution in [2.24, 2.45) is 5.92 Å². The Morgan fingerprint density at radius 1 is 1.00 bits per heavy atom. The van der Waals surface area contributed by atoms with Gasteiger partial charge in [0.25, 0.3) is 0 Å². The molecule has 0 spiro atoms. The van der Waals surface area contributed by atoms with E-state index in [0.717, 1.165) is 29.0 Å². The van der Waals surface area contributed by atoms with Crippen LogP contribution < -0.4 is 4.72 Å². The molecule has 1 atom stereocenters. The van der Waals surface area contributed by atoms with E-state index in [1.165, 1.54) is 0 Å². The van der Waals surface area contributed by atoms with Crippen LogP contribution in [0, 0.1) is 5.92 Å². The molecular formula is C21H25NO3S. The van der Waals surface area contributed by atoms with Gasteiger partial charge in [-0.2, -0.15) is 0 Å². The molecule has 0 aliphatic rings. The minimum absolute atomic E-state index is 0.0536. The fraction of sp³-hybridized carbons (Fsp3) is 0.333. The fourth-order valence-electron chi connectivity index (χ4n) is 2.74. The highest BCUT2D eigenvalue weighted by Gasteiger charge is 2.21. The fourth-order valence-corrected chi connectivity index (χ4v) is 3.18. The van der Waals surface area contributed by atoms with Gasteiger partial charge in [-0.15, -0.1) is 0 Å². The summed E-state index contributed by atoms with van der Waals surface area (Å²) in [7, 11) is 0. The number of benzene rings is 2. The second-order valence-corrected chi connectivity index (χ2v) is 7.21. The van der Waals surface area contributed by atoms with Crippen LogP contribution in [0.5, 0.6) is 0 Å². The van der Waals surface area contributed by atoms with Gasteiger partial charge < -0.3 is 9.83 Å². The van der Waals surface area contributed by atoms with Crippen LogP contribution in [0.2, 0.25) is 0 Å². The van der Waals surface area contributed by atoms with Crippen molar-refractivity contribution in [1.29, 1.82) is 0 Å². The third kappa shape index (κ3) is 5.63. The van der Waals surface area contributed by atoms with Gasteiger partial charge in [-0.05, 0) is 29.7 Å². The quantitative estimate of drug-likeness (QED) is 0.426.